The van der Waals surface area contributed by atoms with Crippen molar-refractivity contribution in [3.63, 3.8) is 0 Å². The Morgan fingerprint density at radius 3 is 2.95 bits per heavy atom. The van der Waals surface area contributed by atoms with Crippen molar-refractivity contribution in [1.82, 2.24) is 25.2 Å². The molecule has 0 saturated carbocycles. The van der Waals surface area contributed by atoms with Crippen LogP contribution in [0.4, 0.5) is 0 Å². The molecule has 0 unspecified atom stereocenters. The zero-order chi connectivity index (χ0) is 14.2. The number of fused-ring (bicyclic) bond motifs is 1. The third kappa shape index (κ3) is 2.44. The van der Waals surface area contributed by atoms with E-state index in [0.29, 0.717) is 10.2 Å². The van der Waals surface area contributed by atoms with Gasteiger partial charge in [0.05, 0.1) is 9.72 Å². The zero-order valence-electron chi connectivity index (χ0n) is 10.3. The third-order valence-corrected chi connectivity index (χ3v) is 5.85. The van der Waals surface area contributed by atoms with Gasteiger partial charge in [0.1, 0.15) is 10.5 Å². The van der Waals surface area contributed by atoms with Gasteiger partial charge in [-0.15, -0.1) is 27.8 Å². The lowest BCUT2D eigenvalue weighted by Crippen LogP contribution is -1.95. The van der Waals surface area contributed by atoms with E-state index in [-0.39, 0.29) is 0 Å². The molecule has 1 aromatic carbocycles. The van der Waals surface area contributed by atoms with Gasteiger partial charge in [0.25, 0.3) is 0 Å². The Hall–Kier alpha value is -1.48. The Bertz CT molecular complexity index is 899. The molecule has 0 spiro atoms. The van der Waals surface area contributed by atoms with Crippen molar-refractivity contribution in [1.29, 1.82) is 0 Å². The summed E-state index contributed by atoms with van der Waals surface area (Å²) in [7, 11) is 0. The Morgan fingerprint density at radius 2 is 2.14 bits per heavy atom. The summed E-state index contributed by atoms with van der Waals surface area (Å²) in [6.45, 7) is 0. The molecule has 0 bridgehead atoms. The molecule has 4 rings (SSSR count). The van der Waals surface area contributed by atoms with E-state index in [4.69, 9.17) is 11.6 Å². The van der Waals surface area contributed by atoms with Gasteiger partial charge in [-0.25, -0.2) is 4.98 Å². The predicted molar refractivity (Wildman–Crippen MR) is 85.8 cm³/mol. The van der Waals surface area contributed by atoms with E-state index in [0.717, 1.165) is 19.6 Å². The van der Waals surface area contributed by atoms with Crippen molar-refractivity contribution < 1.29 is 0 Å². The second kappa shape index (κ2) is 5.38. The number of nitrogens with zero attached hydrogens (tertiary/aromatic N) is 5. The minimum absolute atomic E-state index is 0.661. The summed E-state index contributed by atoms with van der Waals surface area (Å²) in [6.07, 6.45) is 0. The summed E-state index contributed by atoms with van der Waals surface area (Å²) in [5.74, 6) is 0. The number of para-hydroxylation sites is 1. The van der Waals surface area contributed by atoms with Crippen LogP contribution in [0.3, 0.4) is 0 Å². The Labute approximate surface area is 136 Å². The van der Waals surface area contributed by atoms with Crippen LogP contribution in [0.1, 0.15) is 0 Å². The van der Waals surface area contributed by atoms with Gasteiger partial charge >= 0.3 is 0 Å². The molecule has 9 heteroatoms. The predicted octanol–water partition coefficient (Wildman–Crippen LogP) is 4.14. The number of halogens is 1. The number of thiazole rings is 1. The average molecular weight is 352 g/mol. The fraction of sp³-hybridized carbons (Fsp3) is 0. The maximum atomic E-state index is 6.16. The maximum absolute atomic E-state index is 6.16. The van der Waals surface area contributed by atoms with Crippen molar-refractivity contribution >= 4 is 56.3 Å². The average Bonchev–Trinajstić information content (AvgIpc) is 3.17. The van der Waals surface area contributed by atoms with E-state index >= 15 is 0 Å². The van der Waals surface area contributed by atoms with Crippen LogP contribution in [0, 0.1) is 0 Å². The highest BCUT2D eigenvalue weighted by Crippen LogP contribution is 2.36. The second-order valence-electron chi connectivity index (χ2n) is 3.99. The smallest absolute Gasteiger partial charge is 0.221 e. The summed E-state index contributed by atoms with van der Waals surface area (Å²) in [5, 5.41) is 16.1. The van der Waals surface area contributed by atoms with E-state index in [1.165, 1.54) is 11.8 Å². The summed E-state index contributed by atoms with van der Waals surface area (Å²) in [4.78, 5) is 4.55. The van der Waals surface area contributed by atoms with E-state index < -0.39 is 0 Å². The van der Waals surface area contributed by atoms with Crippen LogP contribution in [0.2, 0.25) is 5.02 Å². The minimum atomic E-state index is 0.661. The Kier molecular flexibility index (Phi) is 3.38. The van der Waals surface area contributed by atoms with Crippen LogP contribution >= 0.6 is 46.0 Å². The van der Waals surface area contributed by atoms with Crippen molar-refractivity contribution in [3.8, 4) is 5.00 Å². The summed E-state index contributed by atoms with van der Waals surface area (Å²) in [5.41, 5.74) is 0.821. The number of rotatable bonds is 3. The number of hydrogen-bond acceptors (Lipinski definition) is 7. The summed E-state index contributed by atoms with van der Waals surface area (Å²) >= 11 is 10.8. The first-order valence-corrected chi connectivity index (χ1v) is 8.75. The highest BCUT2D eigenvalue weighted by molar-refractivity contribution is 8.01. The van der Waals surface area contributed by atoms with Gasteiger partial charge in [-0.2, -0.15) is 4.68 Å². The van der Waals surface area contributed by atoms with Crippen LogP contribution < -0.4 is 0 Å². The van der Waals surface area contributed by atoms with E-state index in [1.54, 1.807) is 27.4 Å². The molecule has 0 radical (unpaired) electrons. The molecule has 0 fully saturated rings. The monoisotopic (exact) mass is 351 g/mol. The third-order valence-electron chi connectivity index (χ3n) is 2.68. The van der Waals surface area contributed by atoms with Gasteiger partial charge in [0, 0.05) is 0 Å². The first-order valence-electron chi connectivity index (χ1n) is 5.86. The quantitative estimate of drug-likeness (QED) is 0.555. The molecule has 0 aliphatic rings. The lowest BCUT2D eigenvalue weighted by Gasteiger charge is -1.97. The van der Waals surface area contributed by atoms with Crippen LogP contribution in [0.15, 0.2) is 45.2 Å². The molecule has 0 aliphatic heterocycles. The van der Waals surface area contributed by atoms with Gasteiger partial charge in [0.2, 0.25) is 5.16 Å². The topological polar surface area (TPSA) is 56.5 Å². The van der Waals surface area contributed by atoms with Gasteiger partial charge in [0.15, 0.2) is 4.34 Å². The van der Waals surface area contributed by atoms with Crippen LogP contribution in [0.25, 0.3) is 15.2 Å². The standard InChI is InChI=1S/C12H6ClN5S3/c13-7-3-1-4-8-10(7)14-12(20-8)21-11-15-16-17-18(11)9-5-2-6-19-9/h1-6H. The zero-order valence-corrected chi connectivity index (χ0v) is 13.5. The molecule has 4 aromatic rings. The molecule has 0 aliphatic carbocycles. The fourth-order valence-electron chi connectivity index (χ4n) is 1.79. The number of tetrazole rings is 1. The summed E-state index contributed by atoms with van der Waals surface area (Å²) < 4.78 is 3.63. The van der Waals surface area contributed by atoms with Crippen LogP contribution in [-0.4, -0.2) is 25.2 Å². The lowest BCUT2D eigenvalue weighted by atomic mass is 10.3. The van der Waals surface area contributed by atoms with E-state index in [9.17, 15) is 0 Å². The number of benzene rings is 1. The molecule has 0 amide bonds. The molecule has 3 heterocycles. The highest BCUT2D eigenvalue weighted by atomic mass is 35.5. The largest absolute Gasteiger partial charge is 0.228 e. The normalized spacial score (nSPS) is 11.3. The van der Waals surface area contributed by atoms with E-state index in [2.05, 4.69) is 20.5 Å². The number of thiophene rings is 1. The maximum Gasteiger partial charge on any atom is 0.221 e. The fourth-order valence-corrected chi connectivity index (χ4v) is 4.77. The van der Waals surface area contributed by atoms with Crippen LogP contribution in [0.5, 0.6) is 0 Å². The minimum Gasteiger partial charge on any atom is -0.228 e. The molecule has 0 N–H and O–H groups in total. The first kappa shape index (κ1) is 13.2. The Balaban J connectivity index is 1.72. The molecule has 5 nitrogen and oxygen atoms in total. The Morgan fingerprint density at radius 1 is 1.19 bits per heavy atom. The molecule has 104 valence electrons. The number of aromatic nitrogens is 5. The second-order valence-corrected chi connectivity index (χ2v) is 7.57. The molecule has 0 atom stereocenters. The lowest BCUT2D eigenvalue weighted by molar-refractivity contribution is 0.768. The van der Waals surface area contributed by atoms with Crippen molar-refractivity contribution in [2.75, 3.05) is 0 Å². The molecule has 21 heavy (non-hydrogen) atoms. The molecule has 0 saturated heterocycles. The first-order chi connectivity index (χ1) is 10.3. The van der Waals surface area contributed by atoms with Gasteiger partial charge in [-0.05, 0) is 51.8 Å². The SMILES string of the molecule is Clc1cccc2sc(Sc3nnnn3-c3cccs3)nc12. The molecular formula is C12H6ClN5S3. The molecular weight excluding hydrogens is 346 g/mol. The number of hydrogen-bond donors (Lipinski definition) is 0. The van der Waals surface area contributed by atoms with Gasteiger partial charge in [-0.3, -0.25) is 0 Å². The van der Waals surface area contributed by atoms with Crippen molar-refractivity contribution in [2.45, 2.75) is 9.50 Å². The molecule has 3 aromatic heterocycles. The summed E-state index contributed by atoms with van der Waals surface area (Å²) in [6, 6.07) is 9.71. The van der Waals surface area contributed by atoms with Gasteiger partial charge in [-0.1, -0.05) is 17.7 Å². The van der Waals surface area contributed by atoms with E-state index in [1.807, 2.05) is 35.7 Å². The van der Waals surface area contributed by atoms with Crippen molar-refractivity contribution in [2.24, 2.45) is 0 Å². The van der Waals surface area contributed by atoms with Gasteiger partial charge < -0.3 is 0 Å². The van der Waals surface area contributed by atoms with Crippen LogP contribution in [-0.2, 0) is 0 Å². The highest BCUT2D eigenvalue weighted by Gasteiger charge is 2.14. The van der Waals surface area contributed by atoms with Crippen molar-refractivity contribution in [3.05, 3.63) is 40.7 Å².